The highest BCUT2D eigenvalue weighted by Gasteiger charge is 2.31. The van der Waals surface area contributed by atoms with E-state index in [4.69, 9.17) is 5.73 Å². The second kappa shape index (κ2) is 5.87. The van der Waals surface area contributed by atoms with Gasteiger partial charge in [0.2, 0.25) is 0 Å². The minimum atomic E-state index is -4.40. The van der Waals surface area contributed by atoms with Gasteiger partial charge in [0.05, 0.1) is 5.56 Å². The first-order valence-corrected chi connectivity index (χ1v) is 6.62. The topological polar surface area (TPSA) is 54.2 Å². The summed E-state index contributed by atoms with van der Waals surface area (Å²) in [4.78, 5) is 6.15. The maximum Gasteiger partial charge on any atom is 0.416 e. The van der Waals surface area contributed by atoms with Crippen LogP contribution in [0.15, 0.2) is 12.1 Å². The van der Waals surface area contributed by atoms with Gasteiger partial charge >= 0.3 is 6.18 Å². The Morgan fingerprint density at radius 3 is 2.60 bits per heavy atom. The van der Waals surface area contributed by atoms with Crippen LogP contribution < -0.4 is 11.1 Å². The zero-order valence-corrected chi connectivity index (χ0v) is 11.4. The molecule has 4 nitrogen and oxygen atoms in total. The van der Waals surface area contributed by atoms with Crippen LogP contribution in [0.1, 0.15) is 18.4 Å². The van der Waals surface area contributed by atoms with E-state index >= 15 is 0 Å². The normalized spacial score (nSPS) is 18.2. The Kier molecular flexibility index (Phi) is 4.37. The standard InChI is InChI=1S/C13H19F3N4/c1-20-4-2-9(3-5-20)8-18-12-7-10(13(14,15)16)6-11(17)19-12/h6-7,9H,2-5,8H2,1H3,(H3,17,18,19). The zero-order valence-electron chi connectivity index (χ0n) is 11.4. The summed E-state index contributed by atoms with van der Waals surface area (Å²) >= 11 is 0. The highest BCUT2D eigenvalue weighted by atomic mass is 19.4. The van der Waals surface area contributed by atoms with E-state index in [2.05, 4.69) is 22.2 Å². The Hall–Kier alpha value is -1.50. The van der Waals surface area contributed by atoms with Crippen LogP contribution in [-0.2, 0) is 6.18 Å². The van der Waals surface area contributed by atoms with Crippen LogP contribution in [0.3, 0.4) is 0 Å². The van der Waals surface area contributed by atoms with Crippen LogP contribution in [0, 0.1) is 5.92 Å². The summed E-state index contributed by atoms with van der Waals surface area (Å²) in [5.74, 6) is 0.533. The maximum atomic E-state index is 12.7. The van der Waals surface area contributed by atoms with Crippen molar-refractivity contribution in [3.05, 3.63) is 17.7 Å². The van der Waals surface area contributed by atoms with E-state index in [1.807, 2.05) is 0 Å². The van der Waals surface area contributed by atoms with Crippen LogP contribution in [-0.4, -0.2) is 36.6 Å². The summed E-state index contributed by atoms with van der Waals surface area (Å²) in [5.41, 5.74) is 4.66. The van der Waals surface area contributed by atoms with Gasteiger partial charge in [-0.3, -0.25) is 0 Å². The van der Waals surface area contributed by atoms with Gasteiger partial charge in [-0.15, -0.1) is 0 Å². The van der Waals surface area contributed by atoms with Gasteiger partial charge in [0.25, 0.3) is 0 Å². The summed E-state index contributed by atoms with van der Waals surface area (Å²) in [6.45, 7) is 2.66. The lowest BCUT2D eigenvalue weighted by Gasteiger charge is -2.29. The largest absolute Gasteiger partial charge is 0.416 e. The van der Waals surface area contributed by atoms with Crippen LogP contribution in [0.5, 0.6) is 0 Å². The van der Waals surface area contributed by atoms with Crippen molar-refractivity contribution in [3.8, 4) is 0 Å². The first-order valence-electron chi connectivity index (χ1n) is 6.62. The molecule has 20 heavy (non-hydrogen) atoms. The van der Waals surface area contributed by atoms with E-state index in [1.165, 1.54) is 0 Å². The molecule has 0 unspecified atom stereocenters. The number of nitrogen functional groups attached to an aromatic ring is 1. The van der Waals surface area contributed by atoms with E-state index in [9.17, 15) is 13.2 Å². The summed E-state index contributed by atoms with van der Waals surface area (Å²) in [5, 5.41) is 2.97. The number of aromatic nitrogens is 1. The molecule has 1 saturated heterocycles. The minimum Gasteiger partial charge on any atom is -0.384 e. The Labute approximate surface area is 116 Å². The molecule has 112 valence electrons. The molecule has 0 spiro atoms. The molecule has 2 rings (SSSR count). The lowest BCUT2D eigenvalue weighted by Crippen LogP contribution is -2.33. The minimum absolute atomic E-state index is 0.120. The van der Waals surface area contributed by atoms with Gasteiger partial charge in [0.15, 0.2) is 0 Å². The van der Waals surface area contributed by atoms with Crippen molar-refractivity contribution in [1.29, 1.82) is 0 Å². The number of halogens is 3. The van der Waals surface area contributed by atoms with Crippen molar-refractivity contribution in [2.45, 2.75) is 19.0 Å². The fourth-order valence-electron chi connectivity index (χ4n) is 2.32. The van der Waals surface area contributed by atoms with E-state index in [0.29, 0.717) is 12.5 Å². The number of rotatable bonds is 3. The molecular formula is C13H19F3N4. The monoisotopic (exact) mass is 288 g/mol. The molecule has 2 heterocycles. The number of pyridine rings is 1. The number of hydrogen-bond acceptors (Lipinski definition) is 4. The predicted octanol–water partition coefficient (Wildman–Crippen LogP) is 2.44. The molecule has 1 aliphatic rings. The van der Waals surface area contributed by atoms with E-state index < -0.39 is 11.7 Å². The molecule has 1 aliphatic heterocycles. The molecule has 1 aromatic rings. The van der Waals surface area contributed by atoms with Crippen molar-refractivity contribution in [2.75, 3.05) is 37.7 Å². The first-order chi connectivity index (χ1) is 9.34. The van der Waals surface area contributed by atoms with Gasteiger partial charge in [-0.2, -0.15) is 13.2 Å². The van der Waals surface area contributed by atoms with E-state index in [-0.39, 0.29) is 11.6 Å². The average Bonchev–Trinajstić information content (AvgIpc) is 2.36. The molecule has 0 bridgehead atoms. The second-order valence-corrected chi connectivity index (χ2v) is 5.29. The molecule has 1 aromatic heterocycles. The van der Waals surface area contributed by atoms with E-state index in [0.717, 1.165) is 38.1 Å². The molecule has 7 heteroatoms. The lowest BCUT2D eigenvalue weighted by atomic mass is 9.97. The third-order valence-electron chi connectivity index (χ3n) is 3.58. The number of anilines is 2. The molecule has 0 aromatic carbocycles. The van der Waals surface area contributed by atoms with Gasteiger partial charge < -0.3 is 16.0 Å². The number of likely N-dealkylation sites (tertiary alicyclic amines) is 1. The summed E-state index contributed by atoms with van der Waals surface area (Å²) < 4.78 is 38.0. The molecule has 0 saturated carbocycles. The number of alkyl halides is 3. The number of nitrogens with two attached hydrogens (primary N) is 1. The summed E-state index contributed by atoms with van der Waals surface area (Å²) in [6, 6.07) is 1.85. The molecule has 0 amide bonds. The number of piperidine rings is 1. The Balaban J connectivity index is 1.97. The maximum absolute atomic E-state index is 12.7. The molecule has 0 atom stereocenters. The lowest BCUT2D eigenvalue weighted by molar-refractivity contribution is -0.137. The van der Waals surface area contributed by atoms with Crippen molar-refractivity contribution in [3.63, 3.8) is 0 Å². The van der Waals surface area contributed by atoms with Crippen molar-refractivity contribution >= 4 is 11.6 Å². The third kappa shape index (κ3) is 4.00. The van der Waals surface area contributed by atoms with Crippen molar-refractivity contribution in [1.82, 2.24) is 9.88 Å². The fraction of sp³-hybridized carbons (Fsp3) is 0.615. The van der Waals surface area contributed by atoms with Gasteiger partial charge in [-0.1, -0.05) is 0 Å². The third-order valence-corrected chi connectivity index (χ3v) is 3.58. The average molecular weight is 288 g/mol. The van der Waals surface area contributed by atoms with Crippen molar-refractivity contribution in [2.24, 2.45) is 5.92 Å². The quantitative estimate of drug-likeness (QED) is 0.897. The number of nitrogens with one attached hydrogen (secondary N) is 1. The van der Waals surface area contributed by atoms with Crippen LogP contribution in [0.25, 0.3) is 0 Å². The number of hydrogen-bond donors (Lipinski definition) is 2. The predicted molar refractivity (Wildman–Crippen MR) is 72.4 cm³/mol. The van der Waals surface area contributed by atoms with Crippen molar-refractivity contribution < 1.29 is 13.2 Å². The second-order valence-electron chi connectivity index (χ2n) is 5.29. The Morgan fingerprint density at radius 1 is 1.35 bits per heavy atom. The van der Waals surface area contributed by atoms with E-state index in [1.54, 1.807) is 0 Å². The first kappa shape index (κ1) is 14.9. The fourth-order valence-corrected chi connectivity index (χ4v) is 2.32. The van der Waals surface area contributed by atoms with Gasteiger partial charge in [0, 0.05) is 6.54 Å². The van der Waals surface area contributed by atoms with Crippen LogP contribution in [0.2, 0.25) is 0 Å². The highest BCUT2D eigenvalue weighted by molar-refractivity contribution is 5.47. The highest BCUT2D eigenvalue weighted by Crippen LogP contribution is 2.31. The Bertz CT molecular complexity index is 453. The number of nitrogens with zero attached hydrogens (tertiary/aromatic N) is 2. The molecule has 0 aliphatic carbocycles. The van der Waals surface area contributed by atoms with Gasteiger partial charge in [0.1, 0.15) is 11.6 Å². The van der Waals surface area contributed by atoms with Crippen LogP contribution in [0.4, 0.5) is 24.8 Å². The smallest absolute Gasteiger partial charge is 0.384 e. The molecule has 0 radical (unpaired) electrons. The molecule has 1 fully saturated rings. The molecule has 3 N–H and O–H groups in total. The molecular weight excluding hydrogens is 269 g/mol. The summed E-state index contributed by atoms with van der Waals surface area (Å²) in [7, 11) is 2.07. The van der Waals surface area contributed by atoms with Gasteiger partial charge in [-0.25, -0.2) is 4.98 Å². The summed E-state index contributed by atoms with van der Waals surface area (Å²) in [6.07, 6.45) is -2.32. The SMILES string of the molecule is CN1CCC(CNc2cc(C(F)(F)F)cc(N)n2)CC1. The zero-order chi connectivity index (χ0) is 14.8. The van der Waals surface area contributed by atoms with Gasteiger partial charge in [-0.05, 0) is 51.0 Å². The van der Waals surface area contributed by atoms with Crippen LogP contribution >= 0.6 is 0 Å². The Morgan fingerprint density at radius 2 is 2.00 bits per heavy atom.